The van der Waals surface area contributed by atoms with Crippen LogP contribution in [0.25, 0.3) is 0 Å². The van der Waals surface area contributed by atoms with E-state index in [0.717, 1.165) is 0 Å². The molecule has 0 aliphatic rings. The Balaban J connectivity index is 3.97. The van der Waals surface area contributed by atoms with Gasteiger partial charge in [0.05, 0.1) is 12.2 Å². The third-order valence-electron chi connectivity index (χ3n) is 2.69. The van der Waals surface area contributed by atoms with Gasteiger partial charge in [-0.2, -0.15) is 13.2 Å². The number of Topliss-reactive ketones (excluding diaryl/α,β-unsaturated/α-hetero) is 1. The van der Waals surface area contributed by atoms with Crippen molar-refractivity contribution in [1.82, 2.24) is 4.72 Å². The molecule has 0 radical (unpaired) electrons. The molecule has 0 saturated carbocycles. The van der Waals surface area contributed by atoms with E-state index in [0.29, 0.717) is 12.8 Å². The van der Waals surface area contributed by atoms with E-state index in [2.05, 4.69) is 4.72 Å². The number of alkyl halides is 3. The number of aliphatic hydroxyl groups is 1. The Kier molecular flexibility index (Phi) is 7.67. The van der Waals surface area contributed by atoms with Crippen LogP contribution >= 0.6 is 0 Å². The number of hydrogen-bond donors (Lipinski definition) is 2. The number of sulfonamides is 1. The minimum atomic E-state index is -4.51. The molecule has 9 heteroatoms. The molecule has 5 nitrogen and oxygen atoms in total. The highest BCUT2D eigenvalue weighted by atomic mass is 32.2. The summed E-state index contributed by atoms with van der Waals surface area (Å²) in [6.45, 7) is 2.92. The minimum Gasteiger partial charge on any atom is -0.386 e. The second-order valence-corrected chi connectivity index (χ2v) is 6.63. The largest absolute Gasteiger partial charge is 0.390 e. The van der Waals surface area contributed by atoms with E-state index >= 15 is 0 Å². The van der Waals surface area contributed by atoms with E-state index in [1.807, 2.05) is 0 Å². The number of carbonyl (C=O) groups excluding carboxylic acids is 1. The average molecular weight is 319 g/mol. The Hall–Kier alpha value is -0.670. The topological polar surface area (TPSA) is 83.5 Å². The Labute approximate surface area is 116 Å². The number of rotatable bonds is 9. The Morgan fingerprint density at radius 2 is 1.85 bits per heavy atom. The third kappa shape index (κ3) is 9.27. The van der Waals surface area contributed by atoms with Crippen LogP contribution in [0.1, 0.15) is 33.1 Å². The van der Waals surface area contributed by atoms with Crippen molar-refractivity contribution in [3.63, 3.8) is 0 Å². The first kappa shape index (κ1) is 19.3. The van der Waals surface area contributed by atoms with Crippen LogP contribution in [-0.2, 0) is 14.8 Å². The molecule has 0 aromatic rings. The van der Waals surface area contributed by atoms with Crippen molar-refractivity contribution in [3.05, 3.63) is 0 Å². The lowest BCUT2D eigenvalue weighted by Crippen LogP contribution is -2.30. The molecular formula is C11H20F3NO4S. The smallest absolute Gasteiger partial charge is 0.386 e. The van der Waals surface area contributed by atoms with Gasteiger partial charge < -0.3 is 5.11 Å². The number of hydrogen-bond acceptors (Lipinski definition) is 4. The fraction of sp³-hybridized carbons (Fsp3) is 0.909. The van der Waals surface area contributed by atoms with Crippen LogP contribution in [-0.4, -0.2) is 43.9 Å². The van der Waals surface area contributed by atoms with Crippen molar-refractivity contribution in [1.29, 1.82) is 0 Å². The Morgan fingerprint density at radius 3 is 2.30 bits per heavy atom. The molecule has 120 valence electrons. The maximum Gasteiger partial charge on any atom is 0.390 e. The molecule has 0 aliphatic carbocycles. The van der Waals surface area contributed by atoms with Gasteiger partial charge in [0.15, 0.2) is 5.78 Å². The lowest BCUT2D eigenvalue weighted by Gasteiger charge is -2.12. The number of ketones is 1. The van der Waals surface area contributed by atoms with Gasteiger partial charge in [0.2, 0.25) is 10.0 Å². The summed E-state index contributed by atoms with van der Waals surface area (Å²) in [5.41, 5.74) is 0. The summed E-state index contributed by atoms with van der Waals surface area (Å²) in [7, 11) is -3.95. The number of carbonyl (C=O) groups is 1. The van der Waals surface area contributed by atoms with Crippen LogP contribution in [0.3, 0.4) is 0 Å². The molecule has 0 amide bonds. The molecule has 2 N–H and O–H groups in total. The van der Waals surface area contributed by atoms with Crippen molar-refractivity contribution in [2.75, 3.05) is 12.3 Å². The SMILES string of the molecule is CC(O)C(=O)C(C)CCCNS(=O)(=O)CCC(F)(F)F. The van der Waals surface area contributed by atoms with Gasteiger partial charge in [0.25, 0.3) is 0 Å². The maximum atomic E-state index is 11.9. The first-order valence-corrected chi connectivity index (χ1v) is 7.86. The molecule has 20 heavy (non-hydrogen) atoms. The first-order valence-electron chi connectivity index (χ1n) is 6.20. The summed E-state index contributed by atoms with van der Waals surface area (Å²) >= 11 is 0. The predicted molar refractivity (Wildman–Crippen MR) is 67.5 cm³/mol. The van der Waals surface area contributed by atoms with Crippen LogP contribution in [0.2, 0.25) is 0 Å². The second-order valence-electron chi connectivity index (χ2n) is 4.70. The molecule has 0 saturated heterocycles. The zero-order chi connectivity index (χ0) is 16.0. The predicted octanol–water partition coefficient (Wildman–Crippen LogP) is 1.22. The molecule has 0 aromatic carbocycles. The van der Waals surface area contributed by atoms with Crippen LogP contribution in [0, 0.1) is 5.92 Å². The van der Waals surface area contributed by atoms with Crippen molar-refractivity contribution < 1.29 is 31.5 Å². The summed E-state index contributed by atoms with van der Waals surface area (Å²) in [5.74, 6) is -1.77. The van der Waals surface area contributed by atoms with E-state index < -0.39 is 40.4 Å². The van der Waals surface area contributed by atoms with E-state index in [-0.39, 0.29) is 12.3 Å². The van der Waals surface area contributed by atoms with Crippen LogP contribution in [0.4, 0.5) is 13.2 Å². The summed E-state index contributed by atoms with van der Waals surface area (Å²) < 4.78 is 60.2. The number of nitrogens with one attached hydrogen (secondary N) is 1. The van der Waals surface area contributed by atoms with Gasteiger partial charge in [0.1, 0.15) is 6.10 Å². The highest BCUT2D eigenvalue weighted by Gasteiger charge is 2.29. The summed E-state index contributed by atoms with van der Waals surface area (Å²) in [4.78, 5) is 11.3. The van der Waals surface area contributed by atoms with Crippen molar-refractivity contribution in [2.45, 2.75) is 45.4 Å². The molecule has 0 spiro atoms. The molecule has 0 fully saturated rings. The Bertz CT molecular complexity index is 406. The molecule has 0 bridgehead atoms. The maximum absolute atomic E-state index is 11.9. The summed E-state index contributed by atoms with van der Waals surface area (Å²) in [6.07, 6.45) is -6.31. The van der Waals surface area contributed by atoms with E-state index in [4.69, 9.17) is 5.11 Å². The quantitative estimate of drug-likeness (QED) is 0.626. The van der Waals surface area contributed by atoms with E-state index in [9.17, 15) is 26.4 Å². The number of halogens is 3. The van der Waals surface area contributed by atoms with Gasteiger partial charge in [0, 0.05) is 12.5 Å². The standard InChI is InChI=1S/C11H20F3NO4S/c1-8(10(17)9(2)16)4-3-6-15-20(18,19)7-5-11(12,13)14/h8-9,15-16H,3-7H2,1-2H3. The second kappa shape index (κ2) is 7.94. The highest BCUT2D eigenvalue weighted by Crippen LogP contribution is 2.19. The van der Waals surface area contributed by atoms with Crippen LogP contribution in [0.5, 0.6) is 0 Å². The molecule has 0 aromatic heterocycles. The van der Waals surface area contributed by atoms with Gasteiger partial charge in [-0.1, -0.05) is 6.92 Å². The fourth-order valence-electron chi connectivity index (χ4n) is 1.51. The zero-order valence-corrected chi connectivity index (χ0v) is 12.2. The molecule has 0 heterocycles. The van der Waals surface area contributed by atoms with Crippen molar-refractivity contribution >= 4 is 15.8 Å². The fourth-order valence-corrected chi connectivity index (χ4v) is 2.61. The minimum absolute atomic E-state index is 0.0301. The van der Waals surface area contributed by atoms with Crippen LogP contribution < -0.4 is 4.72 Å². The number of aliphatic hydroxyl groups excluding tert-OH is 1. The van der Waals surface area contributed by atoms with Crippen LogP contribution in [0.15, 0.2) is 0 Å². The monoisotopic (exact) mass is 319 g/mol. The highest BCUT2D eigenvalue weighted by molar-refractivity contribution is 7.89. The molecule has 0 aliphatic heterocycles. The zero-order valence-electron chi connectivity index (χ0n) is 11.4. The van der Waals surface area contributed by atoms with Gasteiger partial charge in [-0.3, -0.25) is 4.79 Å². The lowest BCUT2D eigenvalue weighted by atomic mass is 9.97. The lowest BCUT2D eigenvalue weighted by molar-refractivity contribution is -0.130. The third-order valence-corrected chi connectivity index (χ3v) is 4.07. The van der Waals surface area contributed by atoms with Gasteiger partial charge >= 0.3 is 6.18 Å². The Morgan fingerprint density at radius 1 is 1.30 bits per heavy atom. The molecule has 2 atom stereocenters. The van der Waals surface area contributed by atoms with Crippen molar-refractivity contribution in [2.24, 2.45) is 5.92 Å². The molecule has 2 unspecified atom stereocenters. The molecular weight excluding hydrogens is 299 g/mol. The van der Waals surface area contributed by atoms with E-state index in [1.54, 1.807) is 6.92 Å². The molecule has 0 rings (SSSR count). The normalized spacial score (nSPS) is 15.9. The van der Waals surface area contributed by atoms with Crippen molar-refractivity contribution in [3.8, 4) is 0 Å². The van der Waals surface area contributed by atoms with Gasteiger partial charge in [-0.25, -0.2) is 13.1 Å². The van der Waals surface area contributed by atoms with E-state index in [1.165, 1.54) is 6.92 Å². The first-order chi connectivity index (χ1) is 8.94. The summed E-state index contributed by atoms with van der Waals surface area (Å²) in [6, 6.07) is 0. The summed E-state index contributed by atoms with van der Waals surface area (Å²) in [5, 5.41) is 9.06. The van der Waals surface area contributed by atoms with Gasteiger partial charge in [-0.05, 0) is 19.8 Å². The average Bonchev–Trinajstić information content (AvgIpc) is 2.30. The van der Waals surface area contributed by atoms with Gasteiger partial charge in [-0.15, -0.1) is 0 Å².